The zero-order chi connectivity index (χ0) is 26.9. The molecule has 2 aliphatic rings. The number of para-hydroxylation sites is 1. The minimum atomic E-state index is 0.0437. The van der Waals surface area contributed by atoms with Gasteiger partial charge in [-0.2, -0.15) is 0 Å². The van der Waals surface area contributed by atoms with Gasteiger partial charge in [-0.1, -0.05) is 51.3 Å². The molecule has 1 fully saturated rings. The number of ether oxygens (including phenoxy) is 1. The molecule has 0 saturated carbocycles. The van der Waals surface area contributed by atoms with Crippen molar-refractivity contribution in [2.45, 2.75) is 78.3 Å². The number of benzene rings is 2. The Hall–Kier alpha value is -2.86. The van der Waals surface area contributed by atoms with Gasteiger partial charge in [0.1, 0.15) is 5.75 Å². The molecule has 2 heterocycles. The Labute approximate surface area is 228 Å². The molecule has 0 spiro atoms. The predicted molar refractivity (Wildman–Crippen MR) is 154 cm³/mol. The van der Waals surface area contributed by atoms with Gasteiger partial charge in [-0.05, 0) is 74.5 Å². The molecule has 0 aromatic heterocycles. The molecular weight excluding hydrogens is 474 g/mol. The number of hydrogen-bond acceptors (Lipinski definition) is 4. The van der Waals surface area contributed by atoms with E-state index in [-0.39, 0.29) is 11.8 Å². The molecule has 0 radical (unpaired) electrons. The highest BCUT2D eigenvalue weighted by Gasteiger charge is 2.24. The van der Waals surface area contributed by atoms with Crippen molar-refractivity contribution < 1.29 is 14.3 Å². The van der Waals surface area contributed by atoms with Gasteiger partial charge in [0.25, 0.3) is 5.91 Å². The second-order valence-electron chi connectivity index (χ2n) is 11.3. The summed E-state index contributed by atoms with van der Waals surface area (Å²) in [4.78, 5) is 33.6. The third-order valence-corrected chi connectivity index (χ3v) is 7.74. The van der Waals surface area contributed by atoms with Crippen LogP contribution in [0.2, 0.25) is 0 Å². The van der Waals surface area contributed by atoms with Crippen LogP contribution in [0.3, 0.4) is 0 Å². The van der Waals surface area contributed by atoms with E-state index in [0.29, 0.717) is 31.0 Å². The normalized spacial score (nSPS) is 17.6. The van der Waals surface area contributed by atoms with Crippen molar-refractivity contribution in [3.05, 3.63) is 59.2 Å². The summed E-state index contributed by atoms with van der Waals surface area (Å²) in [6.07, 6.45) is 8.29. The number of anilines is 1. The molecule has 0 aliphatic carbocycles. The van der Waals surface area contributed by atoms with E-state index in [2.05, 4.69) is 24.8 Å². The Kier molecular flexibility index (Phi) is 10.2. The lowest BCUT2D eigenvalue weighted by Crippen LogP contribution is -2.36. The number of likely N-dealkylation sites (tertiary alicyclic amines) is 1. The molecule has 0 atom stereocenters. The zero-order valence-corrected chi connectivity index (χ0v) is 23.6. The van der Waals surface area contributed by atoms with Crippen molar-refractivity contribution in [3.63, 3.8) is 0 Å². The van der Waals surface area contributed by atoms with Gasteiger partial charge in [-0.3, -0.25) is 14.5 Å². The first kappa shape index (κ1) is 28.2. The summed E-state index contributed by atoms with van der Waals surface area (Å²) < 4.78 is 5.65. The molecule has 0 unspecified atom stereocenters. The quantitative estimate of drug-likeness (QED) is 0.451. The van der Waals surface area contributed by atoms with Gasteiger partial charge in [0, 0.05) is 49.4 Å². The van der Waals surface area contributed by atoms with Crippen LogP contribution in [0.25, 0.3) is 0 Å². The largest absolute Gasteiger partial charge is 0.496 e. The minimum Gasteiger partial charge on any atom is -0.496 e. The number of amides is 2. The fourth-order valence-corrected chi connectivity index (χ4v) is 5.71. The standard InChI is InChI=1S/C32H45N3O3/c1-25(2)21-31(36)35-20-10-6-4-5-9-19-34(24-27-13-7-8-14-29(27)35)32(37)26-15-16-30(38-3)28(22-26)23-33-17-11-12-18-33/h7-8,13-16,22,25H,4-6,9-12,17-21,23-24H2,1-3H3. The van der Waals surface area contributed by atoms with E-state index in [1.165, 1.54) is 12.8 Å². The maximum atomic E-state index is 14.0. The summed E-state index contributed by atoms with van der Waals surface area (Å²) in [6.45, 7) is 9.11. The first-order chi connectivity index (χ1) is 18.5. The van der Waals surface area contributed by atoms with Crippen LogP contribution in [0.15, 0.2) is 42.5 Å². The van der Waals surface area contributed by atoms with Gasteiger partial charge in [0.05, 0.1) is 7.11 Å². The average Bonchev–Trinajstić information content (AvgIpc) is 3.41. The highest BCUT2D eigenvalue weighted by Crippen LogP contribution is 2.28. The van der Waals surface area contributed by atoms with E-state index in [0.717, 1.165) is 80.8 Å². The molecule has 38 heavy (non-hydrogen) atoms. The Morgan fingerprint density at radius 2 is 1.55 bits per heavy atom. The Balaban J connectivity index is 1.62. The number of hydrogen-bond donors (Lipinski definition) is 0. The molecule has 0 N–H and O–H groups in total. The van der Waals surface area contributed by atoms with Gasteiger partial charge < -0.3 is 14.5 Å². The fraction of sp³-hybridized carbons (Fsp3) is 0.562. The lowest BCUT2D eigenvalue weighted by Gasteiger charge is -2.30. The van der Waals surface area contributed by atoms with Gasteiger partial charge in [0.15, 0.2) is 0 Å². The molecular formula is C32H45N3O3. The summed E-state index contributed by atoms with van der Waals surface area (Å²) in [5.74, 6) is 1.36. The second-order valence-corrected chi connectivity index (χ2v) is 11.3. The lowest BCUT2D eigenvalue weighted by molar-refractivity contribution is -0.119. The molecule has 206 valence electrons. The summed E-state index contributed by atoms with van der Waals surface area (Å²) in [5.41, 5.74) is 3.75. The van der Waals surface area contributed by atoms with Crippen LogP contribution in [0.5, 0.6) is 5.75 Å². The first-order valence-corrected chi connectivity index (χ1v) is 14.5. The minimum absolute atomic E-state index is 0.0437. The van der Waals surface area contributed by atoms with Crippen LogP contribution in [-0.4, -0.2) is 54.9 Å². The molecule has 6 nitrogen and oxygen atoms in total. The Bertz CT molecular complexity index is 1080. The maximum Gasteiger partial charge on any atom is 0.254 e. The monoisotopic (exact) mass is 519 g/mol. The Morgan fingerprint density at radius 1 is 0.868 bits per heavy atom. The zero-order valence-electron chi connectivity index (χ0n) is 23.6. The van der Waals surface area contributed by atoms with Crippen molar-refractivity contribution in [3.8, 4) is 5.75 Å². The van der Waals surface area contributed by atoms with Crippen LogP contribution < -0.4 is 9.64 Å². The number of carbonyl (C=O) groups is 2. The molecule has 6 heteroatoms. The van der Waals surface area contributed by atoms with Crippen LogP contribution >= 0.6 is 0 Å². The maximum absolute atomic E-state index is 14.0. The molecule has 2 aliphatic heterocycles. The van der Waals surface area contributed by atoms with E-state index in [4.69, 9.17) is 4.74 Å². The van der Waals surface area contributed by atoms with Crippen molar-refractivity contribution in [2.75, 3.05) is 38.2 Å². The summed E-state index contributed by atoms with van der Waals surface area (Å²) in [5, 5.41) is 0. The summed E-state index contributed by atoms with van der Waals surface area (Å²) in [7, 11) is 1.70. The molecule has 2 aromatic rings. The Morgan fingerprint density at radius 3 is 2.29 bits per heavy atom. The number of rotatable bonds is 6. The first-order valence-electron chi connectivity index (χ1n) is 14.5. The number of fused-ring (bicyclic) bond motifs is 1. The van der Waals surface area contributed by atoms with Crippen molar-refractivity contribution in [2.24, 2.45) is 5.92 Å². The number of carbonyl (C=O) groups excluding carboxylic acids is 2. The van der Waals surface area contributed by atoms with Crippen LogP contribution in [0, 0.1) is 5.92 Å². The second kappa shape index (κ2) is 13.8. The molecule has 2 aromatic carbocycles. The van der Waals surface area contributed by atoms with Gasteiger partial charge in [-0.25, -0.2) is 0 Å². The predicted octanol–water partition coefficient (Wildman–Crippen LogP) is 6.28. The number of nitrogens with zero attached hydrogens (tertiary/aromatic N) is 3. The van der Waals surface area contributed by atoms with E-state index in [1.54, 1.807) is 7.11 Å². The summed E-state index contributed by atoms with van der Waals surface area (Å²) >= 11 is 0. The SMILES string of the molecule is COc1ccc(C(=O)N2CCCCCCCN(C(=O)CC(C)C)c3ccccc3C2)cc1CN1CCCC1. The van der Waals surface area contributed by atoms with Crippen LogP contribution in [0.4, 0.5) is 5.69 Å². The lowest BCUT2D eigenvalue weighted by atomic mass is 10.0. The van der Waals surface area contributed by atoms with Crippen LogP contribution in [0.1, 0.15) is 86.7 Å². The molecule has 0 bridgehead atoms. The van der Waals surface area contributed by atoms with Gasteiger partial charge in [0.2, 0.25) is 5.91 Å². The molecule has 4 rings (SSSR count). The number of methoxy groups -OCH3 is 1. The van der Waals surface area contributed by atoms with E-state index < -0.39 is 0 Å². The van der Waals surface area contributed by atoms with E-state index in [1.807, 2.05) is 46.2 Å². The van der Waals surface area contributed by atoms with Gasteiger partial charge in [-0.15, -0.1) is 0 Å². The highest BCUT2D eigenvalue weighted by atomic mass is 16.5. The molecule has 1 saturated heterocycles. The van der Waals surface area contributed by atoms with Crippen molar-refractivity contribution in [1.82, 2.24) is 9.80 Å². The average molecular weight is 520 g/mol. The third kappa shape index (κ3) is 7.37. The van der Waals surface area contributed by atoms with Crippen molar-refractivity contribution >= 4 is 17.5 Å². The smallest absolute Gasteiger partial charge is 0.254 e. The van der Waals surface area contributed by atoms with E-state index >= 15 is 0 Å². The van der Waals surface area contributed by atoms with Crippen molar-refractivity contribution in [1.29, 1.82) is 0 Å². The van der Waals surface area contributed by atoms with Gasteiger partial charge >= 0.3 is 0 Å². The topological polar surface area (TPSA) is 53.1 Å². The third-order valence-electron chi connectivity index (χ3n) is 7.74. The van der Waals surface area contributed by atoms with E-state index in [9.17, 15) is 9.59 Å². The summed E-state index contributed by atoms with van der Waals surface area (Å²) in [6, 6.07) is 14.0. The van der Waals surface area contributed by atoms with Crippen LogP contribution in [-0.2, 0) is 17.9 Å². The fourth-order valence-electron chi connectivity index (χ4n) is 5.71. The highest BCUT2D eigenvalue weighted by molar-refractivity contribution is 5.96. The molecule has 2 amide bonds.